The van der Waals surface area contributed by atoms with E-state index in [-0.39, 0.29) is 0 Å². The fourth-order valence-electron chi connectivity index (χ4n) is 2.56. The smallest absolute Gasteiger partial charge is 0.0477 e. The van der Waals surface area contributed by atoms with E-state index in [0.717, 1.165) is 32.2 Å². The Morgan fingerprint density at radius 3 is 3.00 bits per heavy atom. The highest BCUT2D eigenvalue weighted by atomic mass is 16.5. The van der Waals surface area contributed by atoms with Gasteiger partial charge in [-0.2, -0.15) is 0 Å². The van der Waals surface area contributed by atoms with E-state index in [1.165, 1.54) is 25.8 Å². The lowest BCUT2D eigenvalue weighted by atomic mass is 10.1. The van der Waals surface area contributed by atoms with Crippen molar-refractivity contribution in [1.82, 2.24) is 10.2 Å². The van der Waals surface area contributed by atoms with Crippen LogP contribution in [0.5, 0.6) is 0 Å². The molecule has 1 N–H and O–H groups in total. The summed E-state index contributed by atoms with van der Waals surface area (Å²) in [7, 11) is 1.79. The van der Waals surface area contributed by atoms with Gasteiger partial charge in [-0.05, 0) is 45.7 Å². The van der Waals surface area contributed by atoms with Gasteiger partial charge in [-0.3, -0.25) is 4.90 Å². The Bertz CT molecular complexity index is 175. The van der Waals surface area contributed by atoms with E-state index >= 15 is 0 Å². The van der Waals surface area contributed by atoms with Crippen LogP contribution in [-0.4, -0.2) is 50.3 Å². The van der Waals surface area contributed by atoms with Gasteiger partial charge >= 0.3 is 0 Å². The van der Waals surface area contributed by atoms with Crippen LogP contribution in [0.1, 0.15) is 39.5 Å². The summed E-state index contributed by atoms with van der Waals surface area (Å²) in [6, 6.07) is 1.41. The van der Waals surface area contributed by atoms with Crippen LogP contribution < -0.4 is 5.32 Å². The zero-order valence-electron chi connectivity index (χ0n) is 11.2. The minimum absolute atomic E-state index is 0.663. The Kier molecular flexibility index (Phi) is 7.01. The van der Waals surface area contributed by atoms with Gasteiger partial charge in [0.2, 0.25) is 0 Å². The minimum atomic E-state index is 0.663. The van der Waals surface area contributed by atoms with Crippen molar-refractivity contribution in [2.75, 3.05) is 33.4 Å². The van der Waals surface area contributed by atoms with Gasteiger partial charge in [0.25, 0.3) is 0 Å². The molecule has 1 rings (SSSR count). The maximum Gasteiger partial charge on any atom is 0.0477 e. The molecule has 96 valence electrons. The Morgan fingerprint density at radius 2 is 2.31 bits per heavy atom. The normalized spacial score (nSPS) is 23.8. The molecule has 0 saturated carbocycles. The fourth-order valence-corrected chi connectivity index (χ4v) is 2.56. The lowest BCUT2D eigenvalue weighted by Crippen LogP contribution is -2.43. The molecular weight excluding hydrogens is 200 g/mol. The van der Waals surface area contributed by atoms with Crippen LogP contribution in [0, 0.1) is 0 Å². The van der Waals surface area contributed by atoms with Crippen LogP contribution in [0.15, 0.2) is 0 Å². The zero-order chi connectivity index (χ0) is 11.8. The van der Waals surface area contributed by atoms with E-state index in [0.29, 0.717) is 6.04 Å². The topological polar surface area (TPSA) is 24.5 Å². The van der Waals surface area contributed by atoms with Crippen LogP contribution in [-0.2, 0) is 4.74 Å². The van der Waals surface area contributed by atoms with Crippen molar-refractivity contribution in [3.8, 4) is 0 Å². The summed E-state index contributed by atoms with van der Waals surface area (Å²) in [5, 5.41) is 3.55. The molecule has 2 unspecified atom stereocenters. The van der Waals surface area contributed by atoms with Crippen LogP contribution in [0.4, 0.5) is 0 Å². The van der Waals surface area contributed by atoms with Crippen molar-refractivity contribution in [3.63, 3.8) is 0 Å². The first-order valence-electron chi connectivity index (χ1n) is 6.75. The highest BCUT2D eigenvalue weighted by Gasteiger charge is 2.27. The second kappa shape index (κ2) is 8.04. The molecule has 0 aromatic rings. The number of hydrogen-bond acceptors (Lipinski definition) is 3. The SMILES string of the molecule is CCCNCC1CCCN1C(C)CCOC. The molecule has 0 amide bonds. The Balaban J connectivity index is 2.27. The average Bonchev–Trinajstić information content (AvgIpc) is 2.74. The van der Waals surface area contributed by atoms with E-state index < -0.39 is 0 Å². The molecule has 0 radical (unpaired) electrons. The Morgan fingerprint density at radius 1 is 1.50 bits per heavy atom. The number of likely N-dealkylation sites (tertiary alicyclic amines) is 1. The molecule has 0 aliphatic carbocycles. The minimum Gasteiger partial charge on any atom is -0.385 e. The van der Waals surface area contributed by atoms with Gasteiger partial charge < -0.3 is 10.1 Å². The van der Waals surface area contributed by atoms with E-state index in [1.54, 1.807) is 7.11 Å². The van der Waals surface area contributed by atoms with Gasteiger partial charge in [0, 0.05) is 32.3 Å². The fraction of sp³-hybridized carbons (Fsp3) is 1.00. The second-order valence-electron chi connectivity index (χ2n) is 4.87. The first kappa shape index (κ1) is 13.9. The molecule has 3 heteroatoms. The highest BCUT2D eigenvalue weighted by Crippen LogP contribution is 2.20. The third kappa shape index (κ3) is 4.40. The molecule has 1 heterocycles. The molecule has 0 bridgehead atoms. The van der Waals surface area contributed by atoms with Crippen LogP contribution in [0.25, 0.3) is 0 Å². The summed E-state index contributed by atoms with van der Waals surface area (Å²) >= 11 is 0. The van der Waals surface area contributed by atoms with Gasteiger partial charge in [0.1, 0.15) is 0 Å². The summed E-state index contributed by atoms with van der Waals surface area (Å²) in [6.45, 7) is 9.01. The summed E-state index contributed by atoms with van der Waals surface area (Å²) in [5.41, 5.74) is 0. The first-order valence-corrected chi connectivity index (χ1v) is 6.75. The highest BCUT2D eigenvalue weighted by molar-refractivity contribution is 4.84. The third-order valence-electron chi connectivity index (χ3n) is 3.54. The molecule has 0 spiro atoms. The molecular formula is C13H28N2O. The van der Waals surface area contributed by atoms with Crippen LogP contribution in [0.2, 0.25) is 0 Å². The summed E-state index contributed by atoms with van der Waals surface area (Å²) in [5.74, 6) is 0. The monoisotopic (exact) mass is 228 g/mol. The molecule has 1 aliphatic rings. The van der Waals surface area contributed by atoms with Crippen molar-refractivity contribution >= 4 is 0 Å². The van der Waals surface area contributed by atoms with Gasteiger partial charge in [0.05, 0.1) is 0 Å². The zero-order valence-corrected chi connectivity index (χ0v) is 11.2. The van der Waals surface area contributed by atoms with E-state index in [9.17, 15) is 0 Å². The number of ether oxygens (including phenoxy) is 1. The predicted octanol–water partition coefficient (Wildman–Crippen LogP) is 1.88. The van der Waals surface area contributed by atoms with Gasteiger partial charge in [-0.25, -0.2) is 0 Å². The Hall–Kier alpha value is -0.120. The number of nitrogens with zero attached hydrogens (tertiary/aromatic N) is 1. The average molecular weight is 228 g/mol. The molecule has 0 aromatic heterocycles. The molecule has 2 atom stereocenters. The number of methoxy groups -OCH3 is 1. The van der Waals surface area contributed by atoms with Gasteiger partial charge in [-0.1, -0.05) is 6.92 Å². The van der Waals surface area contributed by atoms with E-state index in [4.69, 9.17) is 4.74 Å². The van der Waals surface area contributed by atoms with Crippen LogP contribution >= 0.6 is 0 Å². The largest absolute Gasteiger partial charge is 0.385 e. The third-order valence-corrected chi connectivity index (χ3v) is 3.54. The van der Waals surface area contributed by atoms with Gasteiger partial charge in [-0.15, -0.1) is 0 Å². The lowest BCUT2D eigenvalue weighted by molar-refractivity contribution is 0.129. The first-order chi connectivity index (χ1) is 7.79. The summed E-state index contributed by atoms with van der Waals surface area (Å²) < 4.78 is 5.16. The van der Waals surface area contributed by atoms with Crippen molar-refractivity contribution < 1.29 is 4.74 Å². The number of hydrogen-bond donors (Lipinski definition) is 1. The Labute approximate surface area is 101 Å². The van der Waals surface area contributed by atoms with Crippen LogP contribution in [0.3, 0.4) is 0 Å². The number of nitrogens with one attached hydrogen (secondary N) is 1. The molecule has 3 nitrogen and oxygen atoms in total. The standard InChI is InChI=1S/C13H28N2O/c1-4-8-14-11-13-6-5-9-15(13)12(2)7-10-16-3/h12-14H,4-11H2,1-3H3. The maximum atomic E-state index is 5.16. The molecule has 16 heavy (non-hydrogen) atoms. The lowest BCUT2D eigenvalue weighted by Gasteiger charge is -2.30. The summed E-state index contributed by atoms with van der Waals surface area (Å²) in [6.07, 6.45) is 5.09. The second-order valence-corrected chi connectivity index (χ2v) is 4.87. The quantitative estimate of drug-likeness (QED) is 0.642. The van der Waals surface area contributed by atoms with Gasteiger partial charge in [0.15, 0.2) is 0 Å². The molecule has 1 fully saturated rings. The van der Waals surface area contributed by atoms with E-state index in [1.807, 2.05) is 0 Å². The number of rotatable bonds is 8. The van der Waals surface area contributed by atoms with Crippen molar-refractivity contribution in [3.05, 3.63) is 0 Å². The van der Waals surface area contributed by atoms with Crippen molar-refractivity contribution in [1.29, 1.82) is 0 Å². The molecule has 1 saturated heterocycles. The predicted molar refractivity (Wildman–Crippen MR) is 68.8 cm³/mol. The molecule has 1 aliphatic heterocycles. The molecule has 0 aromatic carbocycles. The van der Waals surface area contributed by atoms with E-state index in [2.05, 4.69) is 24.1 Å². The van der Waals surface area contributed by atoms with Crippen molar-refractivity contribution in [2.24, 2.45) is 0 Å². The summed E-state index contributed by atoms with van der Waals surface area (Å²) in [4.78, 5) is 2.65. The van der Waals surface area contributed by atoms with Crippen molar-refractivity contribution in [2.45, 2.75) is 51.6 Å². The maximum absolute atomic E-state index is 5.16.